The van der Waals surface area contributed by atoms with Crippen molar-refractivity contribution >= 4 is 5.69 Å². The van der Waals surface area contributed by atoms with Crippen molar-refractivity contribution in [3.05, 3.63) is 58.7 Å². The minimum atomic E-state index is 0.261. The lowest BCUT2D eigenvalue weighted by atomic mass is 9.96. The lowest BCUT2D eigenvalue weighted by Gasteiger charge is -2.19. The van der Waals surface area contributed by atoms with Gasteiger partial charge in [-0.15, -0.1) is 0 Å². The Kier molecular flexibility index (Phi) is 5.45. The Morgan fingerprint density at radius 3 is 2.27 bits per heavy atom. The molecule has 0 aromatic heterocycles. The van der Waals surface area contributed by atoms with Gasteiger partial charge >= 0.3 is 0 Å². The van der Waals surface area contributed by atoms with Crippen LogP contribution in [0.5, 0.6) is 5.75 Å². The second-order valence-corrected chi connectivity index (χ2v) is 5.79. The van der Waals surface area contributed by atoms with E-state index in [-0.39, 0.29) is 6.79 Å². The minimum Gasteiger partial charge on any atom is -0.465 e. The van der Waals surface area contributed by atoms with Crippen LogP contribution < -0.4 is 9.64 Å². The Labute approximate surface area is 133 Å². The van der Waals surface area contributed by atoms with E-state index in [4.69, 9.17) is 9.47 Å². The molecule has 0 N–H and O–H groups in total. The first-order valence-electron chi connectivity index (χ1n) is 7.50. The number of benzene rings is 2. The lowest BCUT2D eigenvalue weighted by Crippen LogP contribution is -2.12. The highest BCUT2D eigenvalue weighted by Gasteiger charge is 2.10. The average molecular weight is 299 g/mol. The molecule has 2 aromatic carbocycles. The van der Waals surface area contributed by atoms with Crippen LogP contribution >= 0.6 is 0 Å². The molecule has 0 aliphatic carbocycles. The number of nitrogens with zero attached hydrogens (tertiary/aromatic N) is 1. The van der Waals surface area contributed by atoms with Crippen LogP contribution in [0.3, 0.4) is 0 Å². The standard InChI is InChI=1S/C19H25NO2/c1-14-7-6-8-15(2)17(14)11-16-9-10-19(22-13-21-5)18(12-16)20(3)4/h6-10,12H,11,13H2,1-5H3. The summed E-state index contributed by atoms with van der Waals surface area (Å²) in [5, 5.41) is 0. The fourth-order valence-corrected chi connectivity index (χ4v) is 2.60. The number of hydrogen-bond donors (Lipinski definition) is 0. The van der Waals surface area contributed by atoms with Crippen molar-refractivity contribution in [2.75, 3.05) is 32.9 Å². The van der Waals surface area contributed by atoms with Crippen LogP contribution in [-0.4, -0.2) is 28.0 Å². The molecule has 0 radical (unpaired) electrons. The maximum absolute atomic E-state index is 5.64. The molecule has 0 amide bonds. The molecule has 0 saturated carbocycles. The molecule has 22 heavy (non-hydrogen) atoms. The van der Waals surface area contributed by atoms with Crippen LogP contribution in [0.4, 0.5) is 5.69 Å². The molecule has 2 rings (SSSR count). The molecule has 0 aliphatic heterocycles. The molecule has 0 unspecified atom stereocenters. The zero-order valence-electron chi connectivity index (χ0n) is 14.1. The third kappa shape index (κ3) is 3.80. The van der Waals surface area contributed by atoms with Gasteiger partial charge in [0.1, 0.15) is 5.75 Å². The van der Waals surface area contributed by atoms with Gasteiger partial charge in [-0.25, -0.2) is 0 Å². The van der Waals surface area contributed by atoms with E-state index in [0.29, 0.717) is 0 Å². The Hall–Kier alpha value is -2.00. The quantitative estimate of drug-likeness (QED) is 0.754. The maximum atomic E-state index is 5.64. The van der Waals surface area contributed by atoms with Crippen LogP contribution in [0.1, 0.15) is 22.3 Å². The number of hydrogen-bond acceptors (Lipinski definition) is 3. The second kappa shape index (κ2) is 7.32. The van der Waals surface area contributed by atoms with Crippen molar-refractivity contribution in [2.45, 2.75) is 20.3 Å². The van der Waals surface area contributed by atoms with Gasteiger partial charge < -0.3 is 14.4 Å². The highest BCUT2D eigenvalue weighted by atomic mass is 16.7. The largest absolute Gasteiger partial charge is 0.465 e. The summed E-state index contributed by atoms with van der Waals surface area (Å²) in [6.07, 6.45) is 0.934. The van der Waals surface area contributed by atoms with Crippen molar-refractivity contribution in [2.24, 2.45) is 0 Å². The van der Waals surface area contributed by atoms with Crippen molar-refractivity contribution in [3.63, 3.8) is 0 Å². The molecule has 3 heteroatoms. The van der Waals surface area contributed by atoms with E-state index in [0.717, 1.165) is 17.9 Å². The Bertz CT molecular complexity index is 615. The Morgan fingerprint density at radius 1 is 1.00 bits per heavy atom. The molecular formula is C19H25NO2. The number of rotatable bonds is 6. The molecule has 0 fully saturated rings. The van der Waals surface area contributed by atoms with Crippen LogP contribution in [0, 0.1) is 13.8 Å². The maximum Gasteiger partial charge on any atom is 0.188 e. The first-order chi connectivity index (χ1) is 10.5. The van der Waals surface area contributed by atoms with E-state index < -0.39 is 0 Å². The number of methoxy groups -OCH3 is 1. The van der Waals surface area contributed by atoms with Gasteiger partial charge in [-0.05, 0) is 54.7 Å². The summed E-state index contributed by atoms with van der Waals surface area (Å²) in [6.45, 7) is 4.60. The van der Waals surface area contributed by atoms with E-state index in [9.17, 15) is 0 Å². The lowest BCUT2D eigenvalue weighted by molar-refractivity contribution is 0.0515. The summed E-state index contributed by atoms with van der Waals surface area (Å²) in [5.41, 5.74) is 6.43. The van der Waals surface area contributed by atoms with Crippen LogP contribution in [0.2, 0.25) is 0 Å². The van der Waals surface area contributed by atoms with Gasteiger partial charge in [0.25, 0.3) is 0 Å². The molecule has 0 bridgehead atoms. The van der Waals surface area contributed by atoms with Crippen molar-refractivity contribution in [1.29, 1.82) is 0 Å². The summed E-state index contributed by atoms with van der Waals surface area (Å²) in [4.78, 5) is 2.07. The zero-order chi connectivity index (χ0) is 16.1. The fraction of sp³-hybridized carbons (Fsp3) is 0.368. The molecule has 0 spiro atoms. The summed E-state index contributed by atoms with van der Waals surface area (Å²) >= 11 is 0. The van der Waals surface area contributed by atoms with Gasteiger partial charge in [0.15, 0.2) is 6.79 Å². The third-order valence-corrected chi connectivity index (χ3v) is 3.86. The van der Waals surface area contributed by atoms with Gasteiger partial charge in [0, 0.05) is 21.2 Å². The highest BCUT2D eigenvalue weighted by Crippen LogP contribution is 2.30. The van der Waals surface area contributed by atoms with Gasteiger partial charge in [-0.1, -0.05) is 24.3 Å². The van der Waals surface area contributed by atoms with E-state index in [1.54, 1.807) is 7.11 Å². The third-order valence-electron chi connectivity index (χ3n) is 3.86. The number of ether oxygens (including phenoxy) is 2. The van der Waals surface area contributed by atoms with Crippen LogP contribution in [0.25, 0.3) is 0 Å². The van der Waals surface area contributed by atoms with Crippen LogP contribution in [-0.2, 0) is 11.2 Å². The molecule has 2 aromatic rings. The summed E-state index contributed by atoms with van der Waals surface area (Å²) in [5.74, 6) is 0.845. The fourth-order valence-electron chi connectivity index (χ4n) is 2.60. The average Bonchev–Trinajstić information content (AvgIpc) is 2.49. The zero-order valence-corrected chi connectivity index (χ0v) is 14.1. The second-order valence-electron chi connectivity index (χ2n) is 5.79. The number of anilines is 1. The van der Waals surface area contributed by atoms with Crippen molar-refractivity contribution in [1.82, 2.24) is 0 Å². The van der Waals surface area contributed by atoms with E-state index >= 15 is 0 Å². The van der Waals surface area contributed by atoms with Gasteiger partial charge in [0.05, 0.1) is 5.69 Å². The van der Waals surface area contributed by atoms with E-state index in [1.165, 1.54) is 22.3 Å². The summed E-state index contributed by atoms with van der Waals surface area (Å²) < 4.78 is 10.6. The molecule has 0 atom stereocenters. The van der Waals surface area contributed by atoms with E-state index in [2.05, 4.69) is 49.1 Å². The van der Waals surface area contributed by atoms with Gasteiger partial charge in [-0.3, -0.25) is 0 Å². The predicted molar refractivity (Wildman–Crippen MR) is 92.0 cm³/mol. The molecule has 0 saturated heterocycles. The van der Waals surface area contributed by atoms with Gasteiger partial charge in [0.2, 0.25) is 0 Å². The molecule has 118 valence electrons. The molecule has 0 heterocycles. The van der Waals surface area contributed by atoms with Gasteiger partial charge in [-0.2, -0.15) is 0 Å². The highest BCUT2D eigenvalue weighted by molar-refractivity contribution is 5.60. The van der Waals surface area contributed by atoms with E-state index in [1.807, 2.05) is 20.2 Å². The number of aryl methyl sites for hydroxylation is 2. The molecule has 3 nitrogen and oxygen atoms in total. The predicted octanol–water partition coefficient (Wildman–Crippen LogP) is 3.94. The molecule has 0 aliphatic rings. The topological polar surface area (TPSA) is 21.7 Å². The summed E-state index contributed by atoms with van der Waals surface area (Å²) in [6, 6.07) is 12.8. The first kappa shape index (κ1) is 16.4. The smallest absolute Gasteiger partial charge is 0.188 e. The van der Waals surface area contributed by atoms with Crippen molar-refractivity contribution in [3.8, 4) is 5.75 Å². The first-order valence-corrected chi connectivity index (χ1v) is 7.50. The molecular weight excluding hydrogens is 274 g/mol. The monoisotopic (exact) mass is 299 g/mol. The minimum absolute atomic E-state index is 0.261. The SMILES string of the molecule is COCOc1ccc(Cc2c(C)cccc2C)cc1N(C)C. The Morgan fingerprint density at radius 2 is 1.68 bits per heavy atom. The summed E-state index contributed by atoms with van der Waals surface area (Å²) in [7, 11) is 5.68. The van der Waals surface area contributed by atoms with Crippen molar-refractivity contribution < 1.29 is 9.47 Å². The van der Waals surface area contributed by atoms with Crippen LogP contribution in [0.15, 0.2) is 36.4 Å². The Balaban J connectivity index is 2.31. The normalized spacial score (nSPS) is 10.6.